The second kappa shape index (κ2) is 83.6. The molecule has 18 heteroatoms. The van der Waals surface area contributed by atoms with Gasteiger partial charge < -0.3 is 34.2 Å². The van der Waals surface area contributed by atoms with E-state index in [9.17, 15) is 43.5 Å². The highest BCUT2D eigenvalue weighted by atomic mass is 31.2. The van der Waals surface area contributed by atoms with E-state index in [-0.39, 0.29) is 19.3 Å². The van der Waals surface area contributed by atoms with Crippen molar-refractivity contribution < 1.29 is 75.8 Å². The van der Waals surface area contributed by atoms with Crippen molar-refractivity contribution in [2.75, 3.05) is 39.6 Å². The van der Waals surface area contributed by atoms with E-state index in [4.69, 9.17) is 32.3 Å². The van der Waals surface area contributed by atoms with Gasteiger partial charge in [-0.15, -0.1) is 0 Å². The zero-order valence-corrected chi connectivity index (χ0v) is 70.6. The lowest BCUT2D eigenvalue weighted by molar-refractivity contribution is -0.161. The number of rotatable bonds is 78. The lowest BCUT2D eigenvalue weighted by atomic mass is 10.0. The summed E-state index contributed by atoms with van der Waals surface area (Å²) in [5.41, 5.74) is 0. The SMILES string of the molecule is CC/C=C\C/C=C\C/C=C\C/C=C\C/C=C\C/C=C\CCCCCCCCCCCCC(=O)OCC(O)COP(=O)(O)OCC(O)COP(=O)(O)OCC(COC(=O)CCCCCCCCCCCCC/C=C\C/C=C\C/C=C\C/C=C\C/C=C\CC)OC(=O)CC/C=C\C/C=C\C/C=C\C/C=C\C/C=C\C/C=C\CC. The van der Waals surface area contributed by atoms with Gasteiger partial charge in [-0.1, -0.05) is 337 Å². The summed E-state index contributed by atoms with van der Waals surface area (Å²) in [6, 6.07) is 0. The van der Waals surface area contributed by atoms with Crippen molar-refractivity contribution in [2.24, 2.45) is 0 Å². The summed E-state index contributed by atoms with van der Waals surface area (Å²) in [5, 5.41) is 20.7. The number of phosphoric acid groups is 2. The third kappa shape index (κ3) is 84.9. The minimum absolute atomic E-state index is 0.0286. The number of carbonyl (C=O) groups is 3. The summed E-state index contributed by atoms with van der Waals surface area (Å²) < 4.78 is 61.2. The lowest BCUT2D eigenvalue weighted by Gasteiger charge is -2.21. The van der Waals surface area contributed by atoms with Crippen molar-refractivity contribution in [1.82, 2.24) is 0 Å². The average Bonchev–Trinajstić information content (AvgIpc) is 0.900. The summed E-state index contributed by atoms with van der Waals surface area (Å²) in [4.78, 5) is 58.8. The van der Waals surface area contributed by atoms with Crippen LogP contribution < -0.4 is 0 Å². The van der Waals surface area contributed by atoms with Crippen LogP contribution in [-0.2, 0) is 55.8 Å². The quantitative estimate of drug-likeness (QED) is 0.0146. The molecular weight excluding hydrogens is 1430 g/mol. The highest BCUT2D eigenvalue weighted by Crippen LogP contribution is 2.45. The molecule has 0 bridgehead atoms. The molecule has 16 nitrogen and oxygen atoms in total. The number of carbonyl (C=O) groups excluding carboxylic acids is 3. The average molecular weight is 1590 g/mol. The predicted octanol–water partition coefficient (Wildman–Crippen LogP) is 25.7. The van der Waals surface area contributed by atoms with Crippen molar-refractivity contribution >= 4 is 33.6 Å². The Bertz CT molecular complexity index is 2850. The Hall–Kier alpha value is -5.87. The molecule has 0 heterocycles. The highest BCUT2D eigenvalue weighted by molar-refractivity contribution is 7.47. The topological polar surface area (TPSA) is 231 Å². The van der Waals surface area contributed by atoms with Gasteiger partial charge in [0.15, 0.2) is 6.10 Å². The molecule has 5 atom stereocenters. The van der Waals surface area contributed by atoms with Crippen LogP contribution >= 0.6 is 15.6 Å². The first kappa shape index (κ1) is 105. The van der Waals surface area contributed by atoms with Gasteiger partial charge in [0.25, 0.3) is 0 Å². The Kier molecular flexibility index (Phi) is 79.1. The maximum atomic E-state index is 13.0. The number of aliphatic hydroxyl groups is 2. The summed E-state index contributed by atoms with van der Waals surface area (Å²) in [6.45, 7) is 2.24. The van der Waals surface area contributed by atoms with Crippen LogP contribution in [0.2, 0.25) is 0 Å². The Morgan fingerprint density at radius 1 is 0.252 bits per heavy atom. The highest BCUT2D eigenvalue weighted by Gasteiger charge is 2.29. The van der Waals surface area contributed by atoms with Gasteiger partial charge in [-0.3, -0.25) is 32.5 Å². The molecule has 0 aliphatic heterocycles. The molecule has 0 aromatic heterocycles. The molecule has 111 heavy (non-hydrogen) atoms. The van der Waals surface area contributed by atoms with Crippen LogP contribution in [0.4, 0.5) is 0 Å². The first-order chi connectivity index (χ1) is 54.2. The van der Waals surface area contributed by atoms with Gasteiger partial charge in [0.05, 0.1) is 26.4 Å². The first-order valence-corrected chi connectivity index (χ1v) is 45.4. The molecule has 0 saturated heterocycles. The standard InChI is InChI=1S/C93H150O16P2/c1-4-7-10-13-16-19-22-25-28-31-34-36-38-40-42-43-45-47-48-50-53-55-58-61-64-67-70-73-76-79-91(96)103-82-88(94)83-105-110(99,100)106-84-89(95)85-107-111(101,102)108-87-90(109-93(98)81-78-75-72-69-66-63-60-57-52-33-30-27-24-21-18-15-12-9-6-3)86-104-92(97)80-77-74-71-68-65-62-59-56-54-51-49-46-44-41-39-37-35-32-29-26-23-20-17-14-11-8-5-2/h7-12,16-21,25-30,34-37,40-42,44-45,47,52,57,63,66,72,75,88-90,94-95H,4-6,13-15,22-24,31-33,38-39,43,46,48-51,53-56,58-62,64-65,67-71,73-74,76-87H2,1-3H3,(H,99,100)(H,101,102)/b10-7-,11-8-,12-9-,19-16-,20-17-,21-18-,28-25-,29-26-,30-27-,36-34-,37-35-,42-40-,44-41-,47-45-,57-52-,66-63-,75-72-. The number of aliphatic hydroxyl groups excluding tert-OH is 2. The van der Waals surface area contributed by atoms with E-state index in [0.29, 0.717) is 25.7 Å². The van der Waals surface area contributed by atoms with E-state index in [1.807, 2.05) is 18.2 Å². The minimum Gasteiger partial charge on any atom is -0.463 e. The first-order valence-electron chi connectivity index (χ1n) is 42.4. The maximum absolute atomic E-state index is 13.0. The fourth-order valence-electron chi connectivity index (χ4n) is 10.7. The molecule has 0 aliphatic rings. The zero-order valence-electron chi connectivity index (χ0n) is 68.8. The predicted molar refractivity (Wildman–Crippen MR) is 463 cm³/mol. The van der Waals surface area contributed by atoms with Crippen molar-refractivity contribution in [2.45, 2.75) is 322 Å². The molecule has 0 radical (unpaired) electrons. The van der Waals surface area contributed by atoms with E-state index in [1.165, 1.54) is 70.6 Å². The Morgan fingerprint density at radius 2 is 0.468 bits per heavy atom. The summed E-state index contributed by atoms with van der Waals surface area (Å²) >= 11 is 0. The van der Waals surface area contributed by atoms with E-state index >= 15 is 0 Å². The van der Waals surface area contributed by atoms with Crippen LogP contribution in [0.25, 0.3) is 0 Å². The van der Waals surface area contributed by atoms with Crippen LogP contribution in [0, 0.1) is 0 Å². The molecular formula is C93H150O16P2. The second-order valence-electron chi connectivity index (χ2n) is 27.5. The number of allylic oxidation sites excluding steroid dienone is 34. The largest absolute Gasteiger partial charge is 0.472 e. The van der Waals surface area contributed by atoms with Crippen LogP contribution in [0.15, 0.2) is 207 Å². The maximum Gasteiger partial charge on any atom is 0.472 e. The van der Waals surface area contributed by atoms with Gasteiger partial charge in [0.2, 0.25) is 0 Å². The van der Waals surface area contributed by atoms with Gasteiger partial charge in [-0.2, -0.15) is 0 Å². The van der Waals surface area contributed by atoms with Crippen molar-refractivity contribution in [3.05, 3.63) is 207 Å². The van der Waals surface area contributed by atoms with E-state index in [1.54, 1.807) is 0 Å². The molecule has 0 spiro atoms. The number of hydrogen-bond acceptors (Lipinski definition) is 14. The van der Waals surface area contributed by atoms with Crippen LogP contribution in [0.1, 0.15) is 303 Å². The number of unbranched alkanes of at least 4 members (excludes halogenated alkanes) is 21. The van der Waals surface area contributed by atoms with Gasteiger partial charge >= 0.3 is 33.6 Å². The number of hydrogen-bond donors (Lipinski definition) is 4. The third-order valence-electron chi connectivity index (χ3n) is 17.0. The molecule has 0 aromatic rings. The monoisotopic (exact) mass is 1590 g/mol. The fourth-order valence-corrected chi connectivity index (χ4v) is 12.3. The van der Waals surface area contributed by atoms with Gasteiger partial charge in [-0.05, 0) is 154 Å². The molecule has 0 rings (SSSR count). The summed E-state index contributed by atoms with van der Waals surface area (Å²) in [5.74, 6) is -1.69. The number of esters is 3. The smallest absolute Gasteiger partial charge is 0.463 e. The van der Waals surface area contributed by atoms with Gasteiger partial charge in [0, 0.05) is 19.3 Å². The van der Waals surface area contributed by atoms with Gasteiger partial charge in [-0.25, -0.2) is 9.13 Å². The van der Waals surface area contributed by atoms with Crippen molar-refractivity contribution in [3.63, 3.8) is 0 Å². The normalized spacial score (nSPS) is 14.9. The molecule has 0 fully saturated rings. The van der Waals surface area contributed by atoms with Crippen LogP contribution in [-0.4, -0.2) is 95.9 Å². The zero-order chi connectivity index (χ0) is 80.8. The summed E-state index contributed by atoms with van der Waals surface area (Å²) in [6.07, 6.45) is 112. The Labute approximate surface area is 673 Å². The van der Waals surface area contributed by atoms with Crippen molar-refractivity contribution in [3.8, 4) is 0 Å². The molecule has 5 unspecified atom stereocenters. The van der Waals surface area contributed by atoms with Gasteiger partial charge in [0.1, 0.15) is 25.4 Å². The van der Waals surface area contributed by atoms with E-state index < -0.39 is 91.5 Å². The Morgan fingerprint density at radius 3 is 0.748 bits per heavy atom. The van der Waals surface area contributed by atoms with Crippen molar-refractivity contribution in [1.29, 1.82) is 0 Å². The second-order valence-corrected chi connectivity index (χ2v) is 30.4. The Balaban J connectivity index is 4.68. The molecule has 4 N–H and O–H groups in total. The molecule has 0 saturated carbocycles. The summed E-state index contributed by atoms with van der Waals surface area (Å²) in [7, 11) is -9.84. The lowest BCUT2D eigenvalue weighted by Crippen LogP contribution is -2.29. The fraction of sp³-hybridized carbons (Fsp3) is 0.602. The minimum atomic E-state index is -4.97. The van der Waals surface area contributed by atoms with Crippen LogP contribution in [0.3, 0.4) is 0 Å². The third-order valence-corrected chi connectivity index (χ3v) is 18.9. The van der Waals surface area contributed by atoms with Crippen LogP contribution in [0.5, 0.6) is 0 Å². The molecule has 628 valence electrons. The van der Waals surface area contributed by atoms with E-state index in [2.05, 4.69) is 209 Å². The molecule has 0 aromatic carbocycles. The molecule has 0 aliphatic carbocycles. The molecule has 0 amide bonds. The van der Waals surface area contributed by atoms with E-state index in [0.717, 1.165) is 167 Å². The number of phosphoric ester groups is 2. The number of ether oxygens (including phenoxy) is 3.